The van der Waals surface area contributed by atoms with Gasteiger partial charge in [-0.25, -0.2) is 4.79 Å². The minimum absolute atomic E-state index is 0.119. The second kappa shape index (κ2) is 8.09. The Hall–Kier alpha value is -0.910. The highest BCUT2D eigenvalue weighted by Crippen LogP contribution is 2.36. The number of carbonyl (C=O) groups is 1. The van der Waals surface area contributed by atoms with Gasteiger partial charge in [0.25, 0.3) is 0 Å². The molecule has 0 spiro atoms. The van der Waals surface area contributed by atoms with Gasteiger partial charge in [0.15, 0.2) is 0 Å². The Kier molecular flexibility index (Phi) is 6.41. The monoisotopic (exact) mass is 342 g/mol. The van der Waals surface area contributed by atoms with Crippen LogP contribution in [0.5, 0.6) is 0 Å². The van der Waals surface area contributed by atoms with E-state index in [1.807, 2.05) is 18.2 Å². The molecule has 1 aromatic rings. The number of likely N-dealkylation sites (tertiary alicyclic amines) is 1. The van der Waals surface area contributed by atoms with Crippen LogP contribution in [0.1, 0.15) is 26.7 Å². The van der Waals surface area contributed by atoms with Crippen LogP contribution in [0, 0.1) is 5.92 Å². The first-order chi connectivity index (χ1) is 10.5. The van der Waals surface area contributed by atoms with Crippen LogP contribution in [0.15, 0.2) is 23.1 Å². The molecule has 1 saturated heterocycles. The second-order valence-electron chi connectivity index (χ2n) is 5.85. The summed E-state index contributed by atoms with van der Waals surface area (Å²) in [6.45, 7) is 5.66. The molecule has 122 valence electrons. The van der Waals surface area contributed by atoms with Crippen LogP contribution in [0.3, 0.4) is 0 Å². The predicted octanol–water partition coefficient (Wildman–Crippen LogP) is 4.08. The zero-order valence-electron chi connectivity index (χ0n) is 13.0. The van der Waals surface area contributed by atoms with Gasteiger partial charge in [-0.2, -0.15) is 0 Å². The highest BCUT2D eigenvalue weighted by atomic mass is 35.5. The largest absolute Gasteiger partial charge is 0.396 e. The number of rotatable bonds is 4. The summed E-state index contributed by atoms with van der Waals surface area (Å²) in [5.41, 5.74) is 0.752. The topological polar surface area (TPSA) is 52.6 Å². The van der Waals surface area contributed by atoms with Gasteiger partial charge in [-0.15, -0.1) is 11.8 Å². The maximum Gasteiger partial charge on any atom is 0.321 e. The average Bonchev–Trinajstić information content (AvgIpc) is 2.50. The van der Waals surface area contributed by atoms with Crippen LogP contribution >= 0.6 is 23.4 Å². The van der Waals surface area contributed by atoms with Crippen LogP contribution in [-0.2, 0) is 0 Å². The van der Waals surface area contributed by atoms with Gasteiger partial charge in [0, 0.05) is 29.8 Å². The molecule has 1 heterocycles. The van der Waals surface area contributed by atoms with Gasteiger partial charge in [0.1, 0.15) is 0 Å². The molecule has 0 aliphatic carbocycles. The lowest BCUT2D eigenvalue weighted by Crippen LogP contribution is -2.43. The Morgan fingerprint density at radius 3 is 3.00 bits per heavy atom. The van der Waals surface area contributed by atoms with E-state index in [4.69, 9.17) is 11.6 Å². The van der Waals surface area contributed by atoms with Gasteiger partial charge in [-0.1, -0.05) is 31.5 Å². The highest BCUT2D eigenvalue weighted by molar-refractivity contribution is 8.00. The number of piperidine rings is 1. The fourth-order valence-corrected chi connectivity index (χ4v) is 3.76. The van der Waals surface area contributed by atoms with Gasteiger partial charge in [0.05, 0.1) is 10.7 Å². The van der Waals surface area contributed by atoms with Gasteiger partial charge < -0.3 is 15.3 Å². The van der Waals surface area contributed by atoms with Gasteiger partial charge in [-0.05, 0) is 30.9 Å². The molecule has 0 radical (unpaired) electrons. The molecule has 2 N–H and O–H groups in total. The fraction of sp³-hybridized carbons (Fsp3) is 0.562. The highest BCUT2D eigenvalue weighted by Gasteiger charge is 2.24. The van der Waals surface area contributed by atoms with E-state index in [9.17, 15) is 9.90 Å². The molecule has 2 amide bonds. The van der Waals surface area contributed by atoms with Crippen molar-refractivity contribution in [2.75, 3.05) is 25.0 Å². The number of anilines is 1. The molecule has 1 atom stereocenters. The quantitative estimate of drug-likeness (QED) is 0.811. The molecule has 1 fully saturated rings. The van der Waals surface area contributed by atoms with Crippen molar-refractivity contribution in [2.45, 2.75) is 36.8 Å². The Labute approximate surface area is 141 Å². The molecular formula is C16H23ClN2O2S. The number of hydrogen-bond acceptors (Lipinski definition) is 3. The minimum Gasteiger partial charge on any atom is -0.396 e. The number of nitrogens with one attached hydrogen (secondary N) is 1. The van der Waals surface area contributed by atoms with Crippen molar-refractivity contribution >= 4 is 35.1 Å². The molecule has 6 heteroatoms. The van der Waals surface area contributed by atoms with E-state index in [0.717, 1.165) is 30.0 Å². The number of halogens is 1. The number of carbonyl (C=O) groups excluding carboxylic acids is 1. The van der Waals surface area contributed by atoms with Gasteiger partial charge in [0.2, 0.25) is 0 Å². The number of hydrogen-bond donors (Lipinski definition) is 2. The normalized spacial score (nSPS) is 18.6. The number of aliphatic hydroxyl groups excluding tert-OH is 1. The predicted molar refractivity (Wildman–Crippen MR) is 92.8 cm³/mol. The fourth-order valence-electron chi connectivity index (χ4n) is 2.56. The van der Waals surface area contributed by atoms with Crippen molar-refractivity contribution in [3.05, 3.63) is 23.2 Å². The van der Waals surface area contributed by atoms with E-state index < -0.39 is 0 Å². The number of urea groups is 1. The first-order valence-electron chi connectivity index (χ1n) is 7.63. The molecule has 2 rings (SSSR count). The van der Waals surface area contributed by atoms with E-state index in [0.29, 0.717) is 16.8 Å². The third-order valence-corrected chi connectivity index (χ3v) is 5.20. The summed E-state index contributed by atoms with van der Waals surface area (Å²) in [5, 5.41) is 13.3. The molecule has 1 aliphatic heterocycles. The number of amides is 2. The SMILES string of the molecule is CC(C)Sc1c(Cl)cccc1NC(=O)N1CCCC(CO)C1. The second-order valence-corrected chi connectivity index (χ2v) is 7.84. The summed E-state index contributed by atoms with van der Waals surface area (Å²) in [5.74, 6) is 0.184. The number of nitrogens with zero attached hydrogens (tertiary/aromatic N) is 1. The molecule has 1 aliphatic rings. The van der Waals surface area contributed by atoms with E-state index in [1.54, 1.807) is 16.7 Å². The smallest absolute Gasteiger partial charge is 0.321 e. The van der Waals surface area contributed by atoms with Crippen molar-refractivity contribution in [1.82, 2.24) is 4.90 Å². The van der Waals surface area contributed by atoms with Crippen LogP contribution in [0.25, 0.3) is 0 Å². The molecule has 4 nitrogen and oxygen atoms in total. The molecular weight excluding hydrogens is 320 g/mol. The Balaban J connectivity index is 2.09. The lowest BCUT2D eigenvalue weighted by molar-refractivity contribution is 0.136. The molecule has 1 unspecified atom stereocenters. The first kappa shape index (κ1) is 17.4. The summed E-state index contributed by atoms with van der Waals surface area (Å²) in [4.78, 5) is 15.1. The van der Waals surface area contributed by atoms with Crippen molar-refractivity contribution in [2.24, 2.45) is 5.92 Å². The van der Waals surface area contributed by atoms with Crippen LogP contribution in [-0.4, -0.2) is 41.0 Å². The molecule has 22 heavy (non-hydrogen) atoms. The van der Waals surface area contributed by atoms with Crippen LogP contribution < -0.4 is 5.32 Å². The third kappa shape index (κ3) is 4.54. The zero-order chi connectivity index (χ0) is 16.1. The van der Waals surface area contributed by atoms with Crippen molar-refractivity contribution in [1.29, 1.82) is 0 Å². The Morgan fingerprint density at radius 1 is 1.55 bits per heavy atom. The molecule has 0 bridgehead atoms. The van der Waals surface area contributed by atoms with E-state index >= 15 is 0 Å². The lowest BCUT2D eigenvalue weighted by atomic mass is 9.99. The van der Waals surface area contributed by atoms with E-state index in [2.05, 4.69) is 19.2 Å². The maximum absolute atomic E-state index is 12.5. The molecule has 0 saturated carbocycles. The molecule has 1 aromatic carbocycles. The summed E-state index contributed by atoms with van der Waals surface area (Å²) >= 11 is 7.91. The Bertz CT molecular complexity index is 525. The number of benzene rings is 1. The third-order valence-electron chi connectivity index (χ3n) is 3.63. The maximum atomic E-state index is 12.5. The standard InChI is InChI=1S/C16H23ClN2O2S/c1-11(2)22-15-13(17)6-3-7-14(15)18-16(21)19-8-4-5-12(9-19)10-20/h3,6-7,11-12,20H,4-5,8-10H2,1-2H3,(H,18,21). The number of aliphatic hydroxyl groups is 1. The van der Waals surface area contributed by atoms with E-state index in [1.165, 1.54) is 0 Å². The van der Waals surface area contributed by atoms with Gasteiger partial charge in [-0.3, -0.25) is 0 Å². The van der Waals surface area contributed by atoms with Crippen LogP contribution in [0.2, 0.25) is 5.02 Å². The number of thioether (sulfide) groups is 1. The van der Waals surface area contributed by atoms with Gasteiger partial charge >= 0.3 is 6.03 Å². The van der Waals surface area contributed by atoms with E-state index in [-0.39, 0.29) is 18.6 Å². The minimum atomic E-state index is -0.119. The first-order valence-corrected chi connectivity index (χ1v) is 8.89. The lowest BCUT2D eigenvalue weighted by Gasteiger charge is -2.32. The zero-order valence-corrected chi connectivity index (χ0v) is 14.6. The van der Waals surface area contributed by atoms with Crippen molar-refractivity contribution < 1.29 is 9.90 Å². The molecule has 0 aromatic heterocycles. The summed E-state index contributed by atoms with van der Waals surface area (Å²) in [7, 11) is 0. The van der Waals surface area contributed by atoms with Crippen molar-refractivity contribution in [3.63, 3.8) is 0 Å². The average molecular weight is 343 g/mol. The van der Waals surface area contributed by atoms with Crippen LogP contribution in [0.4, 0.5) is 10.5 Å². The van der Waals surface area contributed by atoms with Crippen molar-refractivity contribution in [3.8, 4) is 0 Å². The summed E-state index contributed by atoms with van der Waals surface area (Å²) in [6, 6.07) is 5.44. The summed E-state index contributed by atoms with van der Waals surface area (Å²) in [6.07, 6.45) is 1.91. The Morgan fingerprint density at radius 2 is 2.32 bits per heavy atom. The summed E-state index contributed by atoms with van der Waals surface area (Å²) < 4.78 is 0.